The monoisotopic (exact) mass is 401 g/mol. The van der Waals surface area contributed by atoms with Crippen molar-refractivity contribution >= 4 is 11.0 Å². The molecule has 0 atom stereocenters. The first-order valence-corrected chi connectivity index (χ1v) is 9.92. The molecule has 1 aliphatic heterocycles. The van der Waals surface area contributed by atoms with Gasteiger partial charge in [0.25, 0.3) is 0 Å². The van der Waals surface area contributed by atoms with E-state index in [1.54, 1.807) is 42.3 Å². The first kappa shape index (κ1) is 19.5. The number of fused-ring (bicyclic) bond motifs is 1. The molecule has 1 saturated heterocycles. The Kier molecular flexibility index (Phi) is 4.63. The van der Waals surface area contributed by atoms with Crippen molar-refractivity contribution in [3.63, 3.8) is 0 Å². The number of aromatic nitrogens is 2. The Morgan fingerprint density at radius 2 is 1.66 bits per heavy atom. The maximum Gasteiger partial charge on any atom is 0.348 e. The quantitative estimate of drug-likeness (QED) is 0.715. The summed E-state index contributed by atoms with van der Waals surface area (Å²) < 4.78 is 32.9. The maximum atomic E-state index is 15.2. The summed E-state index contributed by atoms with van der Waals surface area (Å²) in [5, 5.41) is 12.0. The minimum Gasteiger partial charge on any atom is -0.503 e. The molecule has 4 rings (SSSR count). The van der Waals surface area contributed by atoms with Gasteiger partial charge in [-0.3, -0.25) is 4.57 Å². The van der Waals surface area contributed by atoms with E-state index in [4.69, 9.17) is 0 Å². The van der Waals surface area contributed by atoms with Gasteiger partial charge < -0.3 is 10.1 Å². The molecule has 1 aromatic heterocycles. The number of phenols is 1. The highest BCUT2D eigenvalue weighted by molar-refractivity contribution is 5.95. The van der Waals surface area contributed by atoms with Crippen LogP contribution in [-0.4, -0.2) is 27.4 Å². The van der Waals surface area contributed by atoms with Crippen LogP contribution >= 0.6 is 0 Å². The van der Waals surface area contributed by atoms with Gasteiger partial charge in [0.2, 0.25) is 0 Å². The van der Waals surface area contributed by atoms with Gasteiger partial charge in [0.05, 0.1) is 5.52 Å². The second-order valence-corrected chi connectivity index (χ2v) is 8.37. The number of phenolic OH excluding ortho intramolecular Hbond substituents is 1. The molecular formula is C22H25F2N3O2. The van der Waals surface area contributed by atoms with Crippen molar-refractivity contribution < 1.29 is 13.9 Å². The van der Waals surface area contributed by atoms with Crippen molar-refractivity contribution in [2.75, 3.05) is 18.1 Å². The summed E-state index contributed by atoms with van der Waals surface area (Å²) in [6, 6.07) is 8.62. The summed E-state index contributed by atoms with van der Waals surface area (Å²) >= 11 is 0. The van der Waals surface area contributed by atoms with Crippen LogP contribution in [0, 0.1) is 17.0 Å². The molecule has 154 valence electrons. The van der Waals surface area contributed by atoms with E-state index >= 15 is 8.78 Å². The number of nitrogens with zero attached hydrogens (tertiary/aromatic N) is 3. The Morgan fingerprint density at radius 1 is 1.03 bits per heavy atom. The zero-order valence-electron chi connectivity index (χ0n) is 16.9. The van der Waals surface area contributed by atoms with Crippen molar-refractivity contribution in [2.24, 2.45) is 5.41 Å². The number of hydrogen-bond acceptors (Lipinski definition) is 3. The smallest absolute Gasteiger partial charge is 0.348 e. The molecule has 29 heavy (non-hydrogen) atoms. The molecule has 0 amide bonds. The number of aromatic hydroxyl groups is 1. The predicted molar refractivity (Wildman–Crippen MR) is 110 cm³/mol. The van der Waals surface area contributed by atoms with E-state index < -0.39 is 23.1 Å². The molecule has 0 aliphatic carbocycles. The number of hydrogen-bond donors (Lipinski definition) is 1. The van der Waals surface area contributed by atoms with Gasteiger partial charge in [-0.25, -0.2) is 18.3 Å². The van der Waals surface area contributed by atoms with E-state index in [1.807, 2.05) is 0 Å². The topological polar surface area (TPSA) is 50.4 Å². The average molecular weight is 401 g/mol. The fraction of sp³-hybridized carbons (Fsp3) is 0.409. The third-order valence-electron chi connectivity index (χ3n) is 5.95. The van der Waals surface area contributed by atoms with Crippen molar-refractivity contribution in [3.05, 3.63) is 52.5 Å². The van der Waals surface area contributed by atoms with Gasteiger partial charge in [0, 0.05) is 25.2 Å². The van der Waals surface area contributed by atoms with E-state index in [-0.39, 0.29) is 28.6 Å². The lowest BCUT2D eigenvalue weighted by Crippen LogP contribution is -2.48. The largest absolute Gasteiger partial charge is 0.503 e. The first-order valence-electron chi connectivity index (χ1n) is 9.92. The van der Waals surface area contributed by atoms with Crippen LogP contribution in [0.15, 0.2) is 35.1 Å². The average Bonchev–Trinajstić information content (AvgIpc) is 2.99. The van der Waals surface area contributed by atoms with Gasteiger partial charge >= 0.3 is 5.69 Å². The Hall–Kier alpha value is -2.83. The second-order valence-electron chi connectivity index (χ2n) is 8.37. The molecule has 0 spiro atoms. The summed E-state index contributed by atoms with van der Waals surface area (Å²) in [4.78, 5) is 13.3. The molecule has 7 heteroatoms. The van der Waals surface area contributed by atoms with Crippen LogP contribution in [0.25, 0.3) is 22.2 Å². The number of imidazole rings is 1. The maximum absolute atomic E-state index is 15.2. The molecule has 1 fully saturated rings. The third-order valence-corrected chi connectivity index (χ3v) is 5.95. The van der Waals surface area contributed by atoms with Gasteiger partial charge in [0.1, 0.15) is 5.52 Å². The van der Waals surface area contributed by atoms with Gasteiger partial charge in [-0.2, -0.15) is 0 Å². The lowest BCUT2D eigenvalue weighted by Gasteiger charge is -2.38. The van der Waals surface area contributed by atoms with E-state index in [0.717, 1.165) is 12.8 Å². The van der Waals surface area contributed by atoms with Crippen molar-refractivity contribution in [1.29, 1.82) is 0 Å². The van der Waals surface area contributed by atoms with Crippen LogP contribution in [0.3, 0.4) is 0 Å². The molecule has 1 N–H and O–H groups in total. The molecule has 0 saturated carbocycles. The lowest BCUT2D eigenvalue weighted by molar-refractivity contribution is 0.256. The standard InChI is InChI=1S/C22H25F2N3O2/c1-4-26-18-15(14-8-6-5-7-9-14)16(23)20(28)17(24)19(18)27(21(26)29)25-12-10-22(2,3)11-13-25/h5-9,28H,4,10-13H2,1-3H3. The molecule has 0 radical (unpaired) electrons. The van der Waals surface area contributed by atoms with E-state index in [1.165, 1.54) is 9.24 Å². The summed E-state index contributed by atoms with van der Waals surface area (Å²) in [5.74, 6) is -3.22. The lowest BCUT2D eigenvalue weighted by atomic mass is 9.83. The van der Waals surface area contributed by atoms with Crippen LogP contribution < -0.4 is 10.7 Å². The van der Waals surface area contributed by atoms with Gasteiger partial charge in [-0.15, -0.1) is 0 Å². The Bertz CT molecular complexity index is 1120. The molecule has 2 aromatic carbocycles. The van der Waals surface area contributed by atoms with Gasteiger partial charge in [0.15, 0.2) is 17.4 Å². The van der Waals surface area contributed by atoms with Gasteiger partial charge in [-0.05, 0) is 30.7 Å². The van der Waals surface area contributed by atoms with Crippen LogP contribution in [0.2, 0.25) is 0 Å². The summed E-state index contributed by atoms with van der Waals surface area (Å²) in [5.41, 5.74) is 0.323. The fourth-order valence-electron chi connectivity index (χ4n) is 4.14. The number of benzene rings is 2. The Labute approximate surface area is 167 Å². The predicted octanol–water partition coefficient (Wildman–Crippen LogP) is 4.23. The second kappa shape index (κ2) is 6.90. The minimum absolute atomic E-state index is 0.0366. The van der Waals surface area contributed by atoms with E-state index in [2.05, 4.69) is 13.8 Å². The molecule has 0 bridgehead atoms. The van der Waals surface area contributed by atoms with Crippen molar-refractivity contribution in [2.45, 2.75) is 40.2 Å². The number of aryl methyl sites for hydroxylation is 1. The van der Waals surface area contributed by atoms with E-state index in [9.17, 15) is 9.90 Å². The summed E-state index contributed by atoms with van der Waals surface area (Å²) in [6.45, 7) is 7.50. The summed E-state index contributed by atoms with van der Waals surface area (Å²) in [7, 11) is 0. The van der Waals surface area contributed by atoms with Gasteiger partial charge in [-0.1, -0.05) is 44.2 Å². The highest BCUT2D eigenvalue weighted by Crippen LogP contribution is 2.39. The van der Waals surface area contributed by atoms with Crippen LogP contribution in [-0.2, 0) is 6.54 Å². The Balaban J connectivity index is 2.06. The first-order chi connectivity index (χ1) is 13.8. The normalized spacial score (nSPS) is 16.5. The highest BCUT2D eigenvalue weighted by atomic mass is 19.1. The molecule has 5 nitrogen and oxygen atoms in total. The molecular weight excluding hydrogens is 376 g/mol. The van der Waals surface area contributed by atoms with Crippen molar-refractivity contribution in [1.82, 2.24) is 9.24 Å². The zero-order valence-corrected chi connectivity index (χ0v) is 16.9. The molecule has 1 aliphatic rings. The van der Waals surface area contributed by atoms with Crippen LogP contribution in [0.5, 0.6) is 5.75 Å². The number of piperidine rings is 1. The fourth-order valence-corrected chi connectivity index (χ4v) is 4.14. The minimum atomic E-state index is -1.11. The van der Waals surface area contributed by atoms with Crippen molar-refractivity contribution in [3.8, 4) is 16.9 Å². The van der Waals surface area contributed by atoms with Crippen LogP contribution in [0.1, 0.15) is 33.6 Å². The van der Waals surface area contributed by atoms with Crippen LogP contribution in [0.4, 0.5) is 8.78 Å². The number of halogens is 2. The summed E-state index contributed by atoms with van der Waals surface area (Å²) in [6.07, 6.45) is 1.69. The number of rotatable bonds is 3. The molecule has 3 aromatic rings. The Morgan fingerprint density at radius 3 is 2.24 bits per heavy atom. The molecule has 0 unspecified atom stereocenters. The highest BCUT2D eigenvalue weighted by Gasteiger charge is 2.32. The molecule has 2 heterocycles. The third kappa shape index (κ3) is 2.99. The van der Waals surface area contributed by atoms with E-state index in [0.29, 0.717) is 18.7 Å². The SMILES string of the molecule is CCn1c(=O)n(N2CCC(C)(C)CC2)c2c(F)c(O)c(F)c(-c3ccccc3)c21. The zero-order chi connectivity index (χ0) is 20.9.